The summed E-state index contributed by atoms with van der Waals surface area (Å²) in [5.74, 6) is 0.953. The number of hydrogen-bond donors (Lipinski definition) is 1. The average molecular weight is 310 g/mol. The SMILES string of the molecule is Cc1cccnc1-c1cccc2c1OC(CNC(=O)C(C)C)C2. The van der Waals surface area contributed by atoms with Crippen LogP contribution >= 0.6 is 0 Å². The highest BCUT2D eigenvalue weighted by Gasteiger charge is 2.27. The number of rotatable bonds is 4. The van der Waals surface area contributed by atoms with Crippen LogP contribution < -0.4 is 10.1 Å². The van der Waals surface area contributed by atoms with Crippen LogP contribution in [0.3, 0.4) is 0 Å². The summed E-state index contributed by atoms with van der Waals surface area (Å²) in [4.78, 5) is 16.2. The quantitative estimate of drug-likeness (QED) is 0.944. The molecule has 1 aliphatic heterocycles. The second kappa shape index (κ2) is 6.41. The van der Waals surface area contributed by atoms with Crippen molar-refractivity contribution in [2.24, 2.45) is 5.92 Å². The van der Waals surface area contributed by atoms with Gasteiger partial charge in [-0.15, -0.1) is 0 Å². The molecule has 0 saturated heterocycles. The predicted octanol–water partition coefficient (Wildman–Crippen LogP) is 3.13. The number of aryl methyl sites for hydroxylation is 1. The minimum absolute atomic E-state index is 0.00879. The van der Waals surface area contributed by atoms with Crippen LogP contribution in [0, 0.1) is 12.8 Å². The van der Waals surface area contributed by atoms with E-state index >= 15 is 0 Å². The molecular weight excluding hydrogens is 288 g/mol. The van der Waals surface area contributed by atoms with E-state index in [1.807, 2.05) is 32.0 Å². The summed E-state index contributed by atoms with van der Waals surface area (Å²) in [6.45, 7) is 6.37. The molecule has 0 bridgehead atoms. The van der Waals surface area contributed by atoms with E-state index in [0.717, 1.165) is 29.0 Å². The van der Waals surface area contributed by atoms with Gasteiger partial charge in [-0.25, -0.2) is 0 Å². The van der Waals surface area contributed by atoms with Gasteiger partial charge in [0.25, 0.3) is 0 Å². The van der Waals surface area contributed by atoms with Crippen molar-refractivity contribution in [3.05, 3.63) is 47.7 Å². The number of amides is 1. The molecule has 0 saturated carbocycles. The summed E-state index contributed by atoms with van der Waals surface area (Å²) in [5.41, 5.74) is 4.28. The Kier molecular flexibility index (Phi) is 4.33. The third-order valence-electron chi connectivity index (χ3n) is 4.12. The summed E-state index contributed by atoms with van der Waals surface area (Å²) >= 11 is 0. The molecule has 1 unspecified atom stereocenters. The number of aromatic nitrogens is 1. The Hall–Kier alpha value is -2.36. The van der Waals surface area contributed by atoms with Crippen molar-refractivity contribution >= 4 is 5.91 Å². The lowest BCUT2D eigenvalue weighted by Crippen LogP contribution is -2.36. The topological polar surface area (TPSA) is 51.2 Å². The van der Waals surface area contributed by atoms with Crippen molar-refractivity contribution in [3.63, 3.8) is 0 Å². The summed E-state index contributed by atoms with van der Waals surface area (Å²) in [6, 6.07) is 10.2. The van der Waals surface area contributed by atoms with E-state index in [4.69, 9.17) is 4.74 Å². The molecule has 1 atom stereocenters. The first-order chi connectivity index (χ1) is 11.1. The average Bonchev–Trinajstić information content (AvgIpc) is 2.96. The number of nitrogens with zero attached hydrogens (tertiary/aromatic N) is 1. The Labute approximate surface area is 136 Å². The van der Waals surface area contributed by atoms with Crippen molar-refractivity contribution in [1.29, 1.82) is 0 Å². The van der Waals surface area contributed by atoms with Crippen LogP contribution in [0.1, 0.15) is 25.0 Å². The third-order valence-corrected chi connectivity index (χ3v) is 4.12. The van der Waals surface area contributed by atoms with Crippen LogP contribution in [0.4, 0.5) is 0 Å². The van der Waals surface area contributed by atoms with Gasteiger partial charge in [-0.05, 0) is 30.2 Å². The lowest BCUT2D eigenvalue weighted by Gasteiger charge is -2.14. The van der Waals surface area contributed by atoms with Crippen molar-refractivity contribution in [2.75, 3.05) is 6.54 Å². The number of carbonyl (C=O) groups is 1. The van der Waals surface area contributed by atoms with Crippen molar-refractivity contribution in [3.8, 4) is 17.0 Å². The molecule has 1 aromatic carbocycles. The smallest absolute Gasteiger partial charge is 0.222 e. The Morgan fingerprint density at radius 2 is 2.17 bits per heavy atom. The lowest BCUT2D eigenvalue weighted by molar-refractivity contribution is -0.124. The normalized spacial score (nSPS) is 16.1. The highest BCUT2D eigenvalue weighted by atomic mass is 16.5. The van der Waals surface area contributed by atoms with Crippen LogP contribution in [0.5, 0.6) is 5.75 Å². The maximum atomic E-state index is 11.7. The van der Waals surface area contributed by atoms with E-state index in [1.165, 1.54) is 5.56 Å². The van der Waals surface area contributed by atoms with Crippen LogP contribution in [0.15, 0.2) is 36.5 Å². The van der Waals surface area contributed by atoms with Crippen molar-refractivity contribution in [1.82, 2.24) is 10.3 Å². The number of hydrogen-bond acceptors (Lipinski definition) is 3. The number of pyridine rings is 1. The van der Waals surface area contributed by atoms with E-state index in [9.17, 15) is 4.79 Å². The molecule has 2 heterocycles. The van der Waals surface area contributed by atoms with E-state index in [2.05, 4.69) is 29.4 Å². The molecule has 1 N–H and O–H groups in total. The lowest BCUT2D eigenvalue weighted by atomic mass is 10.0. The van der Waals surface area contributed by atoms with Crippen LogP contribution in [-0.4, -0.2) is 23.5 Å². The fourth-order valence-corrected chi connectivity index (χ4v) is 2.82. The summed E-state index contributed by atoms with van der Waals surface area (Å²) in [7, 11) is 0. The molecule has 120 valence electrons. The first-order valence-electron chi connectivity index (χ1n) is 8.04. The van der Waals surface area contributed by atoms with Gasteiger partial charge in [-0.3, -0.25) is 9.78 Å². The molecule has 0 spiro atoms. The number of para-hydroxylation sites is 1. The third kappa shape index (κ3) is 3.21. The van der Waals surface area contributed by atoms with E-state index in [1.54, 1.807) is 6.20 Å². The molecule has 1 amide bonds. The molecule has 4 nitrogen and oxygen atoms in total. The predicted molar refractivity (Wildman–Crippen MR) is 90.4 cm³/mol. The monoisotopic (exact) mass is 310 g/mol. The minimum Gasteiger partial charge on any atom is -0.487 e. The number of carbonyl (C=O) groups excluding carboxylic acids is 1. The highest BCUT2D eigenvalue weighted by molar-refractivity contribution is 5.78. The minimum atomic E-state index is -0.0159. The molecule has 4 heteroatoms. The maximum absolute atomic E-state index is 11.7. The zero-order chi connectivity index (χ0) is 16.4. The van der Waals surface area contributed by atoms with Gasteiger partial charge >= 0.3 is 0 Å². The molecule has 0 fully saturated rings. The van der Waals surface area contributed by atoms with Gasteiger partial charge in [0.1, 0.15) is 11.9 Å². The van der Waals surface area contributed by atoms with Crippen molar-refractivity contribution < 1.29 is 9.53 Å². The zero-order valence-electron chi connectivity index (χ0n) is 13.8. The number of nitrogens with one attached hydrogen (secondary N) is 1. The molecule has 0 aliphatic carbocycles. The Morgan fingerprint density at radius 1 is 1.35 bits per heavy atom. The second-order valence-corrected chi connectivity index (χ2v) is 6.31. The van der Waals surface area contributed by atoms with Gasteiger partial charge < -0.3 is 10.1 Å². The van der Waals surface area contributed by atoms with Crippen LogP contribution in [0.25, 0.3) is 11.3 Å². The molecule has 2 aromatic rings. The number of benzene rings is 1. The highest BCUT2D eigenvalue weighted by Crippen LogP contribution is 2.38. The first-order valence-corrected chi connectivity index (χ1v) is 8.04. The number of fused-ring (bicyclic) bond motifs is 1. The molecule has 3 rings (SSSR count). The van der Waals surface area contributed by atoms with Gasteiger partial charge in [0.05, 0.1) is 12.2 Å². The molecule has 0 radical (unpaired) electrons. The Morgan fingerprint density at radius 3 is 2.91 bits per heavy atom. The molecule has 23 heavy (non-hydrogen) atoms. The number of ether oxygens (including phenoxy) is 1. The molecule has 1 aliphatic rings. The second-order valence-electron chi connectivity index (χ2n) is 6.31. The Balaban J connectivity index is 1.80. The summed E-state index contributed by atoms with van der Waals surface area (Å²) < 4.78 is 6.12. The Bertz CT molecular complexity index is 725. The van der Waals surface area contributed by atoms with Gasteiger partial charge in [0.15, 0.2) is 0 Å². The van der Waals surface area contributed by atoms with Gasteiger partial charge in [-0.2, -0.15) is 0 Å². The fourth-order valence-electron chi connectivity index (χ4n) is 2.82. The molecule has 1 aromatic heterocycles. The summed E-state index contributed by atoms with van der Waals surface area (Å²) in [5, 5.41) is 2.95. The first kappa shape index (κ1) is 15.5. The van der Waals surface area contributed by atoms with Crippen molar-refractivity contribution in [2.45, 2.75) is 33.3 Å². The van der Waals surface area contributed by atoms with E-state index in [-0.39, 0.29) is 17.9 Å². The van der Waals surface area contributed by atoms with Gasteiger partial charge in [0.2, 0.25) is 5.91 Å². The van der Waals surface area contributed by atoms with Crippen LogP contribution in [-0.2, 0) is 11.2 Å². The van der Waals surface area contributed by atoms with Gasteiger partial charge in [0, 0.05) is 24.1 Å². The van der Waals surface area contributed by atoms with E-state index < -0.39 is 0 Å². The maximum Gasteiger partial charge on any atom is 0.222 e. The largest absolute Gasteiger partial charge is 0.487 e. The molecular formula is C19H22N2O2. The standard InChI is InChI=1S/C19H22N2O2/c1-12(2)19(22)21-11-15-10-14-7-4-8-16(18(14)23-15)17-13(3)6-5-9-20-17/h4-9,12,15H,10-11H2,1-3H3,(H,21,22). The zero-order valence-corrected chi connectivity index (χ0v) is 13.8. The van der Waals surface area contributed by atoms with E-state index in [0.29, 0.717) is 6.54 Å². The fraction of sp³-hybridized carbons (Fsp3) is 0.368. The van der Waals surface area contributed by atoms with Gasteiger partial charge in [-0.1, -0.05) is 32.0 Å². The summed E-state index contributed by atoms with van der Waals surface area (Å²) in [6.07, 6.45) is 2.60. The van der Waals surface area contributed by atoms with Crippen LogP contribution in [0.2, 0.25) is 0 Å².